The maximum atomic E-state index is 12.4. The molecule has 0 saturated heterocycles. The van der Waals surface area contributed by atoms with Gasteiger partial charge in [-0.2, -0.15) is 0 Å². The van der Waals surface area contributed by atoms with E-state index in [-0.39, 0.29) is 17.0 Å². The maximum Gasteiger partial charge on any atom is 0.244 e. The molecule has 1 aromatic carbocycles. The molecule has 5 nitrogen and oxygen atoms in total. The smallest absolute Gasteiger partial charge is 0.244 e. The molecule has 0 unspecified atom stereocenters. The Balaban J connectivity index is 2.10. The molecule has 7 heteroatoms. The molecule has 2 rings (SSSR count). The van der Waals surface area contributed by atoms with E-state index < -0.39 is 10.0 Å². The van der Waals surface area contributed by atoms with Crippen LogP contribution in [0.25, 0.3) is 0 Å². The lowest BCUT2D eigenvalue weighted by molar-refractivity contribution is -0.00476. The van der Waals surface area contributed by atoms with Crippen molar-refractivity contribution in [1.29, 1.82) is 0 Å². The van der Waals surface area contributed by atoms with Crippen molar-refractivity contribution in [3.63, 3.8) is 0 Å². The molecule has 0 bridgehead atoms. The summed E-state index contributed by atoms with van der Waals surface area (Å²) in [6.45, 7) is 2.59. The first-order valence-electron chi connectivity index (χ1n) is 6.43. The van der Waals surface area contributed by atoms with Crippen LogP contribution < -0.4 is 9.46 Å². The molecule has 1 aromatic rings. The fraction of sp³-hybridized carbons (Fsp3) is 0.538. The fourth-order valence-corrected chi connectivity index (χ4v) is 4.15. The zero-order valence-electron chi connectivity index (χ0n) is 11.4. The topological polar surface area (TPSA) is 64.6 Å². The highest BCUT2D eigenvalue weighted by Gasteiger charge is 2.34. The van der Waals surface area contributed by atoms with Crippen LogP contribution in [0.2, 0.25) is 0 Å². The van der Waals surface area contributed by atoms with Gasteiger partial charge in [0.15, 0.2) is 0 Å². The summed E-state index contributed by atoms with van der Waals surface area (Å²) in [5, 5.41) is 0. The fourth-order valence-electron chi connectivity index (χ4n) is 2.18. The van der Waals surface area contributed by atoms with Gasteiger partial charge in [-0.15, -0.1) is 0 Å². The lowest BCUT2D eigenvalue weighted by Gasteiger charge is -2.35. The molecule has 20 heavy (non-hydrogen) atoms. The van der Waals surface area contributed by atoms with Gasteiger partial charge in [0, 0.05) is 17.1 Å². The molecular formula is C13H18BrNO4S. The van der Waals surface area contributed by atoms with Crippen LogP contribution in [0.1, 0.15) is 19.8 Å². The number of hydrogen-bond donors (Lipinski definition) is 1. The van der Waals surface area contributed by atoms with E-state index in [4.69, 9.17) is 9.47 Å². The number of ether oxygens (including phenoxy) is 2. The summed E-state index contributed by atoms with van der Waals surface area (Å²) in [6, 6.07) is 4.84. The van der Waals surface area contributed by atoms with Crippen LogP contribution >= 0.6 is 15.9 Å². The Hall–Kier alpha value is -0.630. The van der Waals surface area contributed by atoms with Gasteiger partial charge in [0.2, 0.25) is 10.0 Å². The summed E-state index contributed by atoms with van der Waals surface area (Å²) in [5.41, 5.74) is 0. The van der Waals surface area contributed by atoms with Crippen LogP contribution in [0, 0.1) is 0 Å². The predicted molar refractivity (Wildman–Crippen MR) is 79.5 cm³/mol. The van der Waals surface area contributed by atoms with Crippen molar-refractivity contribution in [3.8, 4) is 5.75 Å². The van der Waals surface area contributed by atoms with Gasteiger partial charge in [0.05, 0.1) is 13.2 Å². The lowest BCUT2D eigenvalue weighted by atomic mass is 9.90. The van der Waals surface area contributed by atoms with E-state index in [0.717, 1.165) is 0 Å². The molecule has 1 fully saturated rings. The second-order valence-electron chi connectivity index (χ2n) is 4.66. The van der Waals surface area contributed by atoms with Gasteiger partial charge in [0.1, 0.15) is 10.6 Å². The molecular weight excluding hydrogens is 346 g/mol. The number of halogens is 1. The Bertz CT molecular complexity index is 570. The summed E-state index contributed by atoms with van der Waals surface area (Å²) in [6.07, 6.45) is 1.59. The highest BCUT2D eigenvalue weighted by Crippen LogP contribution is 2.30. The zero-order valence-corrected chi connectivity index (χ0v) is 13.8. The van der Waals surface area contributed by atoms with E-state index in [1.54, 1.807) is 18.2 Å². The normalized spacial score (nSPS) is 22.4. The van der Waals surface area contributed by atoms with Gasteiger partial charge in [-0.3, -0.25) is 0 Å². The van der Waals surface area contributed by atoms with E-state index in [0.29, 0.717) is 29.7 Å². The third kappa shape index (κ3) is 3.52. The van der Waals surface area contributed by atoms with Gasteiger partial charge >= 0.3 is 0 Å². The molecule has 1 saturated carbocycles. The summed E-state index contributed by atoms with van der Waals surface area (Å²) in [4.78, 5) is 0.147. The van der Waals surface area contributed by atoms with Crippen molar-refractivity contribution in [3.05, 3.63) is 22.7 Å². The second-order valence-corrected chi connectivity index (χ2v) is 7.26. The molecule has 0 atom stereocenters. The predicted octanol–water partition coefficient (Wildman–Crippen LogP) is 2.30. The van der Waals surface area contributed by atoms with E-state index in [2.05, 4.69) is 20.7 Å². The SMILES string of the molecule is CCOC1CC(NS(=O)(=O)c2cc(Br)ccc2OC)C1. The van der Waals surface area contributed by atoms with Crippen LogP contribution in [0.15, 0.2) is 27.6 Å². The van der Waals surface area contributed by atoms with Crippen LogP contribution in [-0.4, -0.2) is 34.3 Å². The van der Waals surface area contributed by atoms with Gasteiger partial charge in [-0.05, 0) is 38.0 Å². The van der Waals surface area contributed by atoms with Crippen LogP contribution in [0.3, 0.4) is 0 Å². The van der Waals surface area contributed by atoms with Gasteiger partial charge < -0.3 is 9.47 Å². The van der Waals surface area contributed by atoms with Crippen molar-refractivity contribution in [2.75, 3.05) is 13.7 Å². The second kappa shape index (κ2) is 6.43. The molecule has 0 heterocycles. The van der Waals surface area contributed by atoms with Crippen molar-refractivity contribution in [1.82, 2.24) is 4.72 Å². The molecule has 0 amide bonds. The quantitative estimate of drug-likeness (QED) is 0.841. The molecule has 0 spiro atoms. The zero-order chi connectivity index (χ0) is 14.8. The molecule has 0 aromatic heterocycles. The number of rotatable bonds is 6. The number of hydrogen-bond acceptors (Lipinski definition) is 4. The minimum Gasteiger partial charge on any atom is -0.495 e. The van der Waals surface area contributed by atoms with Gasteiger partial charge in [0.25, 0.3) is 0 Å². The van der Waals surface area contributed by atoms with E-state index in [9.17, 15) is 8.42 Å². The molecule has 1 aliphatic carbocycles. The van der Waals surface area contributed by atoms with E-state index in [1.807, 2.05) is 6.92 Å². The van der Waals surface area contributed by atoms with Crippen LogP contribution in [-0.2, 0) is 14.8 Å². The first-order chi connectivity index (χ1) is 9.46. The number of methoxy groups -OCH3 is 1. The highest BCUT2D eigenvalue weighted by molar-refractivity contribution is 9.10. The Morgan fingerprint density at radius 2 is 2.10 bits per heavy atom. The van der Waals surface area contributed by atoms with Crippen molar-refractivity contribution < 1.29 is 17.9 Å². The number of sulfonamides is 1. The van der Waals surface area contributed by atoms with Gasteiger partial charge in [-0.25, -0.2) is 13.1 Å². The Labute approximate surface area is 127 Å². The summed E-state index contributed by atoms with van der Waals surface area (Å²) in [5.74, 6) is 0.335. The van der Waals surface area contributed by atoms with Crippen molar-refractivity contribution in [2.45, 2.75) is 36.8 Å². The first kappa shape index (κ1) is 15.8. The summed E-state index contributed by atoms with van der Waals surface area (Å²) < 4.78 is 38.7. The average Bonchev–Trinajstić information content (AvgIpc) is 2.36. The Morgan fingerprint density at radius 1 is 1.40 bits per heavy atom. The summed E-state index contributed by atoms with van der Waals surface area (Å²) >= 11 is 3.28. The molecule has 1 N–H and O–H groups in total. The molecule has 1 aliphatic rings. The first-order valence-corrected chi connectivity index (χ1v) is 8.71. The number of benzene rings is 1. The largest absolute Gasteiger partial charge is 0.495 e. The minimum atomic E-state index is -3.58. The minimum absolute atomic E-state index is 0.0692. The monoisotopic (exact) mass is 363 g/mol. The molecule has 0 radical (unpaired) electrons. The molecule has 112 valence electrons. The Morgan fingerprint density at radius 3 is 2.70 bits per heavy atom. The lowest BCUT2D eigenvalue weighted by Crippen LogP contribution is -2.47. The highest BCUT2D eigenvalue weighted by atomic mass is 79.9. The maximum absolute atomic E-state index is 12.4. The van der Waals surface area contributed by atoms with Crippen molar-refractivity contribution >= 4 is 26.0 Å². The number of nitrogens with one attached hydrogen (secondary N) is 1. The van der Waals surface area contributed by atoms with E-state index in [1.165, 1.54) is 7.11 Å². The van der Waals surface area contributed by atoms with Crippen molar-refractivity contribution in [2.24, 2.45) is 0 Å². The standard InChI is InChI=1S/C13H18BrNO4S/c1-3-19-11-7-10(8-11)15-20(16,17)13-6-9(14)4-5-12(13)18-2/h4-6,10-11,15H,3,7-8H2,1-2H3. The molecule has 0 aliphatic heterocycles. The average molecular weight is 364 g/mol. The van der Waals surface area contributed by atoms with Gasteiger partial charge in [-0.1, -0.05) is 15.9 Å². The third-order valence-corrected chi connectivity index (χ3v) is 5.27. The Kier molecular flexibility index (Phi) is 5.06. The summed E-state index contributed by atoms with van der Waals surface area (Å²) in [7, 11) is -2.13. The van der Waals surface area contributed by atoms with Crippen LogP contribution in [0.5, 0.6) is 5.75 Å². The third-order valence-electron chi connectivity index (χ3n) is 3.23. The van der Waals surface area contributed by atoms with E-state index >= 15 is 0 Å². The van der Waals surface area contributed by atoms with Crippen LogP contribution in [0.4, 0.5) is 0 Å².